The first-order valence-electron chi connectivity index (χ1n) is 11.3. The first kappa shape index (κ1) is 19.6. The fourth-order valence-corrected chi connectivity index (χ4v) is 4.54. The van der Waals surface area contributed by atoms with Crippen LogP contribution >= 0.6 is 0 Å². The zero-order valence-corrected chi connectivity index (χ0v) is 18.4. The summed E-state index contributed by atoms with van der Waals surface area (Å²) >= 11 is 0. The molecule has 0 atom stereocenters. The molecule has 0 radical (unpaired) electrons. The number of piperidine rings is 1. The van der Waals surface area contributed by atoms with Crippen molar-refractivity contribution in [3.8, 4) is 11.3 Å². The number of hydrogen-bond acceptors (Lipinski definition) is 1. The molecule has 3 aromatic carbocycles. The Morgan fingerprint density at radius 1 is 0.742 bits per heavy atom. The minimum atomic E-state index is 1.01. The van der Waals surface area contributed by atoms with Crippen molar-refractivity contribution in [1.82, 2.24) is 9.47 Å². The molecule has 3 nitrogen and oxygen atoms in total. The number of aryl methyl sites for hydroxylation is 2. The third-order valence-electron chi connectivity index (χ3n) is 6.10. The van der Waals surface area contributed by atoms with Gasteiger partial charge in [0.15, 0.2) is 0 Å². The van der Waals surface area contributed by atoms with E-state index in [-0.39, 0.29) is 0 Å². The van der Waals surface area contributed by atoms with Crippen LogP contribution in [0, 0.1) is 13.8 Å². The molecule has 3 heteroatoms. The molecule has 0 unspecified atom stereocenters. The Morgan fingerprint density at radius 3 is 2.29 bits per heavy atom. The van der Waals surface area contributed by atoms with Gasteiger partial charge >= 0.3 is 0 Å². The molecule has 0 aliphatic carbocycles. The van der Waals surface area contributed by atoms with Crippen LogP contribution in [0.3, 0.4) is 0 Å². The number of rotatable bonds is 2. The van der Waals surface area contributed by atoms with Crippen LogP contribution in [0.4, 0.5) is 5.69 Å². The molecule has 1 saturated heterocycles. The largest absolute Gasteiger partial charge is 0.342 e. The molecule has 1 aliphatic rings. The van der Waals surface area contributed by atoms with Gasteiger partial charge in [0.1, 0.15) is 0 Å². The maximum Gasteiger partial charge on any atom is 0.211 e. The maximum atomic E-state index is 5.25. The average molecular weight is 408 g/mol. The van der Waals surface area contributed by atoms with Gasteiger partial charge in [-0.2, -0.15) is 0 Å². The topological polar surface area (TPSA) is 20.5 Å². The van der Waals surface area contributed by atoms with Crippen LogP contribution < -0.4 is 0 Å². The van der Waals surface area contributed by atoms with Crippen molar-refractivity contribution in [3.63, 3.8) is 0 Å². The van der Waals surface area contributed by atoms with E-state index in [1.807, 2.05) is 0 Å². The first-order valence-corrected chi connectivity index (χ1v) is 11.3. The van der Waals surface area contributed by atoms with Crippen LogP contribution in [0.25, 0.3) is 22.2 Å². The van der Waals surface area contributed by atoms with Crippen LogP contribution in [-0.4, -0.2) is 28.5 Å². The predicted molar refractivity (Wildman–Crippen MR) is 131 cm³/mol. The van der Waals surface area contributed by atoms with Crippen molar-refractivity contribution in [2.45, 2.75) is 33.1 Å². The Morgan fingerprint density at radius 2 is 1.52 bits per heavy atom. The fraction of sp³-hybridized carbons (Fsp3) is 0.250. The summed E-state index contributed by atoms with van der Waals surface area (Å²) in [5, 5.41) is 1.26. The second-order valence-corrected chi connectivity index (χ2v) is 8.59. The van der Waals surface area contributed by atoms with Crippen molar-refractivity contribution in [2.75, 3.05) is 13.1 Å². The SMILES string of the molecule is Cc1cccc(N=C(N2CCCCC2)n2c(-c3ccccc3)cc3cc(C)ccc32)c1. The summed E-state index contributed by atoms with van der Waals surface area (Å²) in [5.41, 5.74) is 7.13. The van der Waals surface area contributed by atoms with E-state index < -0.39 is 0 Å². The Bertz CT molecular complexity index is 1230. The van der Waals surface area contributed by atoms with Crippen LogP contribution in [0.5, 0.6) is 0 Å². The molecule has 0 saturated carbocycles. The zero-order chi connectivity index (χ0) is 21.2. The lowest BCUT2D eigenvalue weighted by Crippen LogP contribution is -2.39. The number of benzene rings is 3. The number of nitrogens with zero attached hydrogens (tertiary/aromatic N) is 3. The molecular formula is C28H29N3. The Hall–Kier alpha value is -3.33. The van der Waals surface area contributed by atoms with Gasteiger partial charge in [-0.1, -0.05) is 54.1 Å². The minimum Gasteiger partial charge on any atom is -0.342 e. The van der Waals surface area contributed by atoms with Gasteiger partial charge in [-0.3, -0.25) is 4.57 Å². The van der Waals surface area contributed by atoms with Gasteiger partial charge in [-0.05, 0) is 74.6 Å². The molecular weight excluding hydrogens is 378 g/mol. The van der Waals surface area contributed by atoms with Crippen molar-refractivity contribution in [1.29, 1.82) is 0 Å². The second kappa shape index (κ2) is 8.43. The summed E-state index contributed by atoms with van der Waals surface area (Å²) in [7, 11) is 0. The standard InChI is InChI=1S/C28H29N3/c1-21-10-9-13-25(19-21)29-28(30-16-7-4-8-17-30)31-26-15-14-22(2)18-24(26)20-27(31)23-11-5-3-6-12-23/h3,5-6,9-15,18-20H,4,7-8,16-17H2,1-2H3. The summed E-state index contributed by atoms with van der Waals surface area (Å²) in [4.78, 5) is 7.72. The Labute approximate surface area is 184 Å². The maximum absolute atomic E-state index is 5.25. The molecule has 31 heavy (non-hydrogen) atoms. The van der Waals surface area contributed by atoms with E-state index in [0.29, 0.717) is 0 Å². The number of hydrogen-bond donors (Lipinski definition) is 0. The predicted octanol–water partition coefficient (Wildman–Crippen LogP) is 6.95. The molecule has 0 bridgehead atoms. The van der Waals surface area contributed by atoms with Crippen molar-refractivity contribution in [2.24, 2.45) is 4.99 Å². The van der Waals surface area contributed by atoms with Gasteiger partial charge in [0.05, 0.1) is 16.9 Å². The molecule has 0 amide bonds. The summed E-state index contributed by atoms with van der Waals surface area (Å²) in [6.07, 6.45) is 3.73. The van der Waals surface area contributed by atoms with Gasteiger partial charge in [0, 0.05) is 18.5 Å². The molecule has 156 valence electrons. The number of aromatic nitrogens is 1. The molecule has 5 rings (SSSR count). The molecule has 0 spiro atoms. The van der Waals surface area contributed by atoms with Crippen LogP contribution in [-0.2, 0) is 0 Å². The second-order valence-electron chi connectivity index (χ2n) is 8.59. The van der Waals surface area contributed by atoms with Crippen LogP contribution in [0.2, 0.25) is 0 Å². The van der Waals surface area contributed by atoms with Gasteiger partial charge in [0.2, 0.25) is 5.96 Å². The Kier molecular flexibility index (Phi) is 5.33. The molecule has 1 aromatic heterocycles. The highest BCUT2D eigenvalue weighted by molar-refractivity contribution is 6.00. The molecule has 2 heterocycles. The van der Waals surface area contributed by atoms with E-state index >= 15 is 0 Å². The van der Waals surface area contributed by atoms with Crippen LogP contribution in [0.1, 0.15) is 30.4 Å². The third kappa shape index (κ3) is 4.00. The smallest absolute Gasteiger partial charge is 0.211 e. The van der Waals surface area contributed by atoms with Gasteiger partial charge in [0.25, 0.3) is 0 Å². The van der Waals surface area contributed by atoms with Gasteiger partial charge in [-0.25, -0.2) is 4.99 Å². The lowest BCUT2D eigenvalue weighted by molar-refractivity contribution is 0.335. The highest BCUT2D eigenvalue weighted by Crippen LogP contribution is 2.31. The van der Waals surface area contributed by atoms with Gasteiger partial charge < -0.3 is 4.90 Å². The Balaban J connectivity index is 1.78. The highest BCUT2D eigenvalue weighted by atomic mass is 15.3. The monoisotopic (exact) mass is 407 g/mol. The van der Waals surface area contributed by atoms with E-state index in [2.05, 4.69) is 102 Å². The number of likely N-dealkylation sites (tertiary alicyclic amines) is 1. The lowest BCUT2D eigenvalue weighted by Gasteiger charge is -2.31. The number of fused-ring (bicyclic) bond motifs is 1. The molecule has 1 fully saturated rings. The third-order valence-corrected chi connectivity index (χ3v) is 6.10. The van der Waals surface area contributed by atoms with E-state index in [9.17, 15) is 0 Å². The summed E-state index contributed by atoms with van der Waals surface area (Å²) in [6, 6.07) is 28.2. The van der Waals surface area contributed by atoms with Crippen LogP contribution in [0.15, 0.2) is 83.9 Å². The lowest BCUT2D eigenvalue weighted by atomic mass is 10.1. The molecule has 0 N–H and O–H groups in total. The zero-order valence-electron chi connectivity index (χ0n) is 18.4. The summed E-state index contributed by atoms with van der Waals surface area (Å²) in [5.74, 6) is 1.03. The van der Waals surface area contributed by atoms with E-state index in [1.54, 1.807) is 0 Å². The normalized spacial score (nSPS) is 14.9. The molecule has 1 aliphatic heterocycles. The highest BCUT2D eigenvalue weighted by Gasteiger charge is 2.22. The molecule has 4 aromatic rings. The minimum absolute atomic E-state index is 1.01. The summed E-state index contributed by atoms with van der Waals surface area (Å²) < 4.78 is 2.37. The number of aliphatic imine (C=N–C) groups is 1. The quantitative estimate of drug-likeness (QED) is 0.260. The van der Waals surface area contributed by atoms with E-state index in [4.69, 9.17) is 4.99 Å². The van der Waals surface area contributed by atoms with Gasteiger partial charge in [-0.15, -0.1) is 0 Å². The summed E-state index contributed by atoms with van der Waals surface area (Å²) in [6.45, 7) is 6.38. The van der Waals surface area contributed by atoms with E-state index in [0.717, 1.165) is 24.7 Å². The van der Waals surface area contributed by atoms with Crippen molar-refractivity contribution >= 4 is 22.5 Å². The average Bonchev–Trinajstić information content (AvgIpc) is 3.17. The first-order chi connectivity index (χ1) is 15.2. The fourth-order valence-electron chi connectivity index (χ4n) is 4.54. The van der Waals surface area contributed by atoms with Crippen molar-refractivity contribution in [3.05, 3.63) is 90.0 Å². The van der Waals surface area contributed by atoms with E-state index in [1.165, 1.54) is 52.5 Å². The van der Waals surface area contributed by atoms with Crippen molar-refractivity contribution < 1.29 is 0 Å².